The molecule has 29 heavy (non-hydrogen) atoms. The maximum Gasteiger partial charge on any atom is 0.222 e. The van der Waals surface area contributed by atoms with E-state index in [4.69, 9.17) is 0 Å². The van der Waals surface area contributed by atoms with Gasteiger partial charge >= 0.3 is 0 Å². The molecule has 5 heteroatoms. The summed E-state index contributed by atoms with van der Waals surface area (Å²) in [5, 5.41) is 9.03. The Hall–Kier alpha value is -2.17. The van der Waals surface area contributed by atoms with Gasteiger partial charge in [-0.25, -0.2) is 0 Å². The molecule has 3 heterocycles. The van der Waals surface area contributed by atoms with Gasteiger partial charge in [0.05, 0.1) is 0 Å². The van der Waals surface area contributed by atoms with Gasteiger partial charge in [-0.3, -0.25) is 4.79 Å². The van der Waals surface area contributed by atoms with Crippen LogP contribution in [0.15, 0.2) is 30.3 Å². The highest BCUT2D eigenvalue weighted by atomic mass is 16.2. The van der Waals surface area contributed by atoms with Crippen molar-refractivity contribution in [1.82, 2.24) is 19.7 Å². The Morgan fingerprint density at radius 3 is 2.83 bits per heavy atom. The molecule has 2 aromatic rings. The molecule has 1 aromatic heterocycles. The first-order valence-corrected chi connectivity index (χ1v) is 11.4. The van der Waals surface area contributed by atoms with Crippen LogP contribution in [0.1, 0.15) is 75.0 Å². The van der Waals surface area contributed by atoms with Crippen molar-refractivity contribution in [2.24, 2.45) is 5.92 Å². The number of fused-ring (bicyclic) bond motifs is 1. The molecule has 0 N–H and O–H groups in total. The highest BCUT2D eigenvalue weighted by molar-refractivity contribution is 5.76. The summed E-state index contributed by atoms with van der Waals surface area (Å²) < 4.78 is 2.36. The maximum absolute atomic E-state index is 13.0. The van der Waals surface area contributed by atoms with Crippen LogP contribution in [0, 0.1) is 5.92 Å². The number of likely N-dealkylation sites (tertiary alicyclic amines) is 1. The average Bonchev–Trinajstić information content (AvgIpc) is 3.01. The van der Waals surface area contributed by atoms with Crippen LogP contribution in [0.25, 0.3) is 0 Å². The van der Waals surface area contributed by atoms with E-state index >= 15 is 0 Å². The molecule has 1 amide bonds. The number of nitrogens with zero attached hydrogens (tertiary/aromatic N) is 4. The molecule has 2 aliphatic rings. The third kappa shape index (κ3) is 5.06. The number of piperidine rings is 1. The van der Waals surface area contributed by atoms with Gasteiger partial charge < -0.3 is 9.47 Å². The van der Waals surface area contributed by atoms with Crippen molar-refractivity contribution >= 4 is 5.91 Å². The highest BCUT2D eigenvalue weighted by Crippen LogP contribution is 2.29. The average molecular weight is 395 g/mol. The fourth-order valence-electron chi connectivity index (χ4n) is 4.81. The summed E-state index contributed by atoms with van der Waals surface area (Å²) in [6.07, 6.45) is 9.69. The molecule has 4 rings (SSSR count). The van der Waals surface area contributed by atoms with Crippen molar-refractivity contribution in [3.63, 3.8) is 0 Å². The van der Waals surface area contributed by atoms with E-state index in [1.807, 2.05) is 0 Å². The minimum absolute atomic E-state index is 0.311. The summed E-state index contributed by atoms with van der Waals surface area (Å²) >= 11 is 0. The Bertz CT molecular complexity index is 800. The summed E-state index contributed by atoms with van der Waals surface area (Å²) in [4.78, 5) is 15.1. The predicted molar refractivity (Wildman–Crippen MR) is 115 cm³/mol. The molecular weight excluding hydrogens is 360 g/mol. The van der Waals surface area contributed by atoms with E-state index in [1.54, 1.807) is 0 Å². The van der Waals surface area contributed by atoms with Crippen molar-refractivity contribution in [1.29, 1.82) is 0 Å². The summed E-state index contributed by atoms with van der Waals surface area (Å²) in [6.45, 7) is 4.95. The molecule has 0 bridgehead atoms. The Morgan fingerprint density at radius 1 is 1.10 bits per heavy atom. The molecule has 2 unspecified atom stereocenters. The number of aryl methyl sites for hydroxylation is 2. The quantitative estimate of drug-likeness (QED) is 0.731. The van der Waals surface area contributed by atoms with Crippen molar-refractivity contribution in [2.75, 3.05) is 13.1 Å². The van der Waals surface area contributed by atoms with Gasteiger partial charge in [0.15, 0.2) is 0 Å². The second-order valence-electron chi connectivity index (χ2n) is 8.95. The largest absolute Gasteiger partial charge is 0.342 e. The van der Waals surface area contributed by atoms with Crippen molar-refractivity contribution in [3.05, 3.63) is 47.5 Å². The number of aromatic nitrogens is 3. The summed E-state index contributed by atoms with van der Waals surface area (Å²) in [5.74, 6) is 3.33. The van der Waals surface area contributed by atoms with Gasteiger partial charge in [-0.1, -0.05) is 43.7 Å². The number of amides is 1. The van der Waals surface area contributed by atoms with Crippen molar-refractivity contribution in [3.8, 4) is 0 Å². The van der Waals surface area contributed by atoms with E-state index in [9.17, 15) is 4.79 Å². The summed E-state index contributed by atoms with van der Waals surface area (Å²) in [7, 11) is 0. The zero-order valence-electron chi connectivity index (χ0n) is 17.7. The van der Waals surface area contributed by atoms with Crippen LogP contribution in [0.5, 0.6) is 0 Å². The zero-order chi connectivity index (χ0) is 20.1. The minimum atomic E-state index is 0.311. The van der Waals surface area contributed by atoms with E-state index in [0.717, 1.165) is 63.4 Å². The number of benzene rings is 1. The summed E-state index contributed by atoms with van der Waals surface area (Å²) in [5.41, 5.74) is 1.36. The van der Waals surface area contributed by atoms with E-state index in [2.05, 4.69) is 56.9 Å². The lowest BCUT2D eigenvalue weighted by Gasteiger charge is -2.33. The molecule has 0 spiro atoms. The highest BCUT2D eigenvalue weighted by Gasteiger charge is 2.29. The Balaban J connectivity index is 1.32. The lowest BCUT2D eigenvalue weighted by Crippen LogP contribution is -2.40. The number of hydrogen-bond donors (Lipinski definition) is 0. The first kappa shape index (κ1) is 20.1. The van der Waals surface area contributed by atoms with Gasteiger partial charge in [-0.15, -0.1) is 10.2 Å². The number of carbonyl (C=O) groups is 1. The maximum atomic E-state index is 13.0. The van der Waals surface area contributed by atoms with Gasteiger partial charge in [0, 0.05) is 38.4 Å². The molecular formula is C24H34N4O. The topological polar surface area (TPSA) is 51.0 Å². The lowest BCUT2D eigenvalue weighted by atomic mass is 9.94. The zero-order valence-corrected chi connectivity index (χ0v) is 17.7. The number of rotatable bonds is 6. The smallest absolute Gasteiger partial charge is 0.222 e. The Kier molecular flexibility index (Phi) is 6.63. The molecule has 0 saturated carbocycles. The van der Waals surface area contributed by atoms with Gasteiger partial charge in [0.25, 0.3) is 0 Å². The number of carbonyl (C=O) groups excluding carboxylic acids is 1. The lowest BCUT2D eigenvalue weighted by molar-refractivity contribution is -0.133. The van der Waals surface area contributed by atoms with E-state index in [-0.39, 0.29) is 0 Å². The fourth-order valence-corrected chi connectivity index (χ4v) is 4.81. The molecule has 1 aromatic carbocycles. The van der Waals surface area contributed by atoms with Gasteiger partial charge in [-0.05, 0) is 50.0 Å². The minimum Gasteiger partial charge on any atom is -0.342 e. The third-order valence-corrected chi connectivity index (χ3v) is 6.57. The van der Waals surface area contributed by atoms with E-state index in [0.29, 0.717) is 24.2 Å². The van der Waals surface area contributed by atoms with Crippen LogP contribution in [-0.2, 0) is 24.2 Å². The molecule has 1 fully saturated rings. The van der Waals surface area contributed by atoms with Crippen LogP contribution in [0.2, 0.25) is 0 Å². The monoisotopic (exact) mass is 394 g/mol. The van der Waals surface area contributed by atoms with Crippen LogP contribution in [0.3, 0.4) is 0 Å². The summed E-state index contributed by atoms with van der Waals surface area (Å²) in [6, 6.07) is 10.6. The first-order valence-electron chi connectivity index (χ1n) is 11.4. The van der Waals surface area contributed by atoms with Crippen LogP contribution < -0.4 is 0 Å². The van der Waals surface area contributed by atoms with Gasteiger partial charge in [-0.2, -0.15) is 0 Å². The molecule has 5 nitrogen and oxygen atoms in total. The second kappa shape index (κ2) is 9.55. The molecule has 1 saturated heterocycles. The molecule has 2 aliphatic heterocycles. The molecule has 0 radical (unpaired) electrons. The van der Waals surface area contributed by atoms with Crippen LogP contribution >= 0.6 is 0 Å². The second-order valence-corrected chi connectivity index (χ2v) is 8.95. The molecule has 156 valence electrons. The predicted octanol–water partition coefficient (Wildman–Crippen LogP) is 4.37. The standard InChI is InChI=1S/C24H34N4O/c1-19(13-14-20-9-4-2-5-10-20)17-23(29)27-15-8-11-21(18-27)24-26-25-22-12-6-3-7-16-28(22)24/h2,4-5,9-10,19,21H,3,6-8,11-18H2,1H3. The number of hydrogen-bond acceptors (Lipinski definition) is 3. The van der Waals surface area contributed by atoms with Gasteiger partial charge in [0.1, 0.15) is 11.6 Å². The van der Waals surface area contributed by atoms with Crippen molar-refractivity contribution in [2.45, 2.75) is 77.2 Å². The Morgan fingerprint density at radius 2 is 1.97 bits per heavy atom. The molecule has 2 atom stereocenters. The van der Waals surface area contributed by atoms with Crippen molar-refractivity contribution < 1.29 is 4.79 Å². The fraction of sp³-hybridized carbons (Fsp3) is 0.625. The third-order valence-electron chi connectivity index (χ3n) is 6.57. The Labute approximate surface area is 174 Å². The SMILES string of the molecule is CC(CCc1ccccc1)CC(=O)N1CCCC(c2nnc3n2CCCCC3)C1. The van der Waals surface area contributed by atoms with Crippen LogP contribution in [-0.4, -0.2) is 38.7 Å². The van der Waals surface area contributed by atoms with Gasteiger partial charge in [0.2, 0.25) is 5.91 Å². The van der Waals surface area contributed by atoms with E-state index < -0.39 is 0 Å². The first-order chi connectivity index (χ1) is 14.2. The van der Waals surface area contributed by atoms with Crippen LogP contribution in [0.4, 0.5) is 0 Å². The molecule has 0 aliphatic carbocycles. The van der Waals surface area contributed by atoms with E-state index in [1.165, 1.54) is 24.8 Å². The normalized spacial score (nSPS) is 20.7.